The summed E-state index contributed by atoms with van der Waals surface area (Å²) in [7, 11) is 0. The van der Waals surface area contributed by atoms with E-state index in [9.17, 15) is 14.4 Å². The third-order valence-corrected chi connectivity index (χ3v) is 4.81. The zero-order chi connectivity index (χ0) is 23.8. The second-order valence-electron chi connectivity index (χ2n) is 7.52. The van der Waals surface area contributed by atoms with Crippen LogP contribution in [-0.4, -0.2) is 37.2 Å². The molecule has 0 aromatic heterocycles. The van der Waals surface area contributed by atoms with E-state index in [1.165, 1.54) is 6.08 Å². The fourth-order valence-electron chi connectivity index (χ4n) is 3.62. The third-order valence-electron chi connectivity index (χ3n) is 4.81. The van der Waals surface area contributed by atoms with Gasteiger partial charge in [0.1, 0.15) is 0 Å². The SMILES string of the molecule is CCOC(=O)C1=C(C)NC(C)=C(C(=O)OCC)C1c1ccccc1/C=C/C(=O)OC(C)C. The Kier molecular flexibility index (Phi) is 8.81. The molecule has 0 radical (unpaired) electrons. The highest BCUT2D eigenvalue weighted by Crippen LogP contribution is 2.40. The van der Waals surface area contributed by atoms with Gasteiger partial charge in [-0.1, -0.05) is 24.3 Å². The lowest BCUT2D eigenvalue weighted by atomic mass is 9.78. The van der Waals surface area contributed by atoms with Crippen molar-refractivity contribution in [2.75, 3.05) is 13.2 Å². The topological polar surface area (TPSA) is 90.9 Å². The van der Waals surface area contributed by atoms with Crippen molar-refractivity contribution in [3.8, 4) is 0 Å². The standard InChI is InChI=1S/C25H31NO6/c1-7-30-24(28)21-16(5)26-17(6)22(25(29)31-8-2)23(21)19-12-10-9-11-18(19)13-14-20(27)32-15(3)4/h9-15,23,26H,7-8H2,1-6H3/b14-13+. The second-order valence-corrected chi connectivity index (χ2v) is 7.52. The lowest BCUT2D eigenvalue weighted by molar-refractivity contribution is -0.142. The molecule has 0 spiro atoms. The average Bonchev–Trinajstić information content (AvgIpc) is 2.71. The highest BCUT2D eigenvalue weighted by Gasteiger charge is 2.38. The first-order chi connectivity index (χ1) is 15.2. The van der Waals surface area contributed by atoms with Crippen LogP contribution >= 0.6 is 0 Å². The Bertz CT molecular complexity index is 930. The first-order valence-electron chi connectivity index (χ1n) is 10.7. The van der Waals surface area contributed by atoms with Crippen molar-refractivity contribution in [1.29, 1.82) is 0 Å². The maximum absolute atomic E-state index is 12.9. The van der Waals surface area contributed by atoms with Crippen molar-refractivity contribution in [3.63, 3.8) is 0 Å². The first kappa shape index (κ1) is 24.9. The van der Waals surface area contributed by atoms with Crippen LogP contribution in [0.1, 0.15) is 58.6 Å². The molecular formula is C25H31NO6. The van der Waals surface area contributed by atoms with E-state index in [1.807, 2.05) is 24.3 Å². The Hall–Kier alpha value is -3.35. The minimum absolute atomic E-state index is 0.197. The van der Waals surface area contributed by atoms with Gasteiger partial charge >= 0.3 is 17.9 Å². The molecule has 0 unspecified atom stereocenters. The predicted octanol–water partition coefficient (Wildman–Crippen LogP) is 4.01. The van der Waals surface area contributed by atoms with Crippen molar-refractivity contribution in [2.24, 2.45) is 0 Å². The van der Waals surface area contributed by atoms with Gasteiger partial charge in [0.05, 0.1) is 36.4 Å². The van der Waals surface area contributed by atoms with Gasteiger partial charge in [-0.3, -0.25) is 0 Å². The van der Waals surface area contributed by atoms with Crippen LogP contribution in [0.3, 0.4) is 0 Å². The number of nitrogens with one attached hydrogen (secondary N) is 1. The van der Waals surface area contributed by atoms with Crippen LogP contribution in [0.5, 0.6) is 0 Å². The van der Waals surface area contributed by atoms with Crippen molar-refractivity contribution < 1.29 is 28.6 Å². The zero-order valence-corrected chi connectivity index (χ0v) is 19.5. The molecule has 0 atom stereocenters. The normalized spacial score (nSPS) is 14.6. The Labute approximate surface area is 189 Å². The average molecular weight is 442 g/mol. The van der Waals surface area contributed by atoms with Crippen LogP contribution in [0.4, 0.5) is 0 Å². The Morgan fingerprint density at radius 1 is 0.969 bits per heavy atom. The van der Waals surface area contributed by atoms with Gasteiger partial charge in [-0.15, -0.1) is 0 Å². The van der Waals surface area contributed by atoms with Crippen LogP contribution in [0, 0.1) is 0 Å². The summed E-state index contributed by atoms with van der Waals surface area (Å²) in [6.45, 7) is 10.9. The predicted molar refractivity (Wildman–Crippen MR) is 121 cm³/mol. The number of carbonyl (C=O) groups is 3. The summed E-state index contributed by atoms with van der Waals surface area (Å²) < 4.78 is 15.8. The summed E-state index contributed by atoms with van der Waals surface area (Å²) in [5.41, 5.74) is 3.18. The third kappa shape index (κ3) is 5.87. The van der Waals surface area contributed by atoms with Crippen LogP contribution in [0.25, 0.3) is 6.08 Å². The fraction of sp³-hybridized carbons (Fsp3) is 0.400. The lowest BCUT2D eigenvalue weighted by Gasteiger charge is -2.31. The molecule has 1 heterocycles. The monoisotopic (exact) mass is 441 g/mol. The molecule has 1 aromatic rings. The molecule has 0 saturated heterocycles. The number of hydrogen-bond donors (Lipinski definition) is 1. The molecule has 32 heavy (non-hydrogen) atoms. The van der Waals surface area contributed by atoms with Crippen molar-refractivity contribution in [2.45, 2.75) is 53.6 Å². The molecule has 172 valence electrons. The number of hydrogen-bond acceptors (Lipinski definition) is 7. The molecule has 0 aliphatic carbocycles. The van der Waals surface area contributed by atoms with Gasteiger partial charge in [0.2, 0.25) is 0 Å². The first-order valence-corrected chi connectivity index (χ1v) is 10.7. The summed E-state index contributed by atoms with van der Waals surface area (Å²) in [5, 5.41) is 3.11. The molecule has 1 N–H and O–H groups in total. The molecule has 0 fully saturated rings. The van der Waals surface area contributed by atoms with Crippen molar-refractivity contribution >= 4 is 24.0 Å². The molecule has 0 bridgehead atoms. The Balaban J connectivity index is 2.66. The highest BCUT2D eigenvalue weighted by molar-refractivity contribution is 6.00. The molecule has 0 amide bonds. The summed E-state index contributed by atoms with van der Waals surface area (Å²) in [4.78, 5) is 37.9. The van der Waals surface area contributed by atoms with Gasteiger partial charge < -0.3 is 19.5 Å². The molecular weight excluding hydrogens is 410 g/mol. The maximum Gasteiger partial charge on any atom is 0.336 e. The van der Waals surface area contributed by atoms with Crippen molar-refractivity contribution in [3.05, 3.63) is 64.0 Å². The minimum Gasteiger partial charge on any atom is -0.463 e. The summed E-state index contributed by atoms with van der Waals surface area (Å²) in [5.74, 6) is -2.24. The van der Waals surface area contributed by atoms with Gasteiger partial charge in [0.15, 0.2) is 0 Å². The van der Waals surface area contributed by atoms with E-state index in [2.05, 4.69) is 5.32 Å². The maximum atomic E-state index is 12.9. The van der Waals surface area contributed by atoms with Gasteiger partial charge in [-0.2, -0.15) is 0 Å². The van der Waals surface area contributed by atoms with Crippen LogP contribution in [0.15, 0.2) is 52.9 Å². The van der Waals surface area contributed by atoms with Gasteiger partial charge in [-0.05, 0) is 58.7 Å². The molecule has 7 heteroatoms. The van der Waals surface area contributed by atoms with Crippen LogP contribution in [-0.2, 0) is 28.6 Å². The van der Waals surface area contributed by atoms with E-state index in [4.69, 9.17) is 14.2 Å². The van der Waals surface area contributed by atoms with E-state index in [1.54, 1.807) is 47.6 Å². The second kappa shape index (κ2) is 11.3. The molecule has 1 aliphatic rings. The number of rotatable bonds is 8. The highest BCUT2D eigenvalue weighted by atomic mass is 16.5. The molecule has 1 aliphatic heterocycles. The lowest BCUT2D eigenvalue weighted by Crippen LogP contribution is -2.32. The van der Waals surface area contributed by atoms with Gasteiger partial charge in [0, 0.05) is 17.5 Å². The van der Waals surface area contributed by atoms with Gasteiger partial charge in [0.25, 0.3) is 0 Å². The Morgan fingerprint density at radius 2 is 1.50 bits per heavy atom. The van der Waals surface area contributed by atoms with Crippen molar-refractivity contribution in [1.82, 2.24) is 5.32 Å². The van der Waals surface area contributed by atoms with E-state index < -0.39 is 23.8 Å². The zero-order valence-electron chi connectivity index (χ0n) is 19.5. The number of dihydropyridines is 1. The van der Waals surface area contributed by atoms with Gasteiger partial charge in [-0.25, -0.2) is 14.4 Å². The number of carbonyl (C=O) groups excluding carboxylic acids is 3. The Morgan fingerprint density at radius 3 is 2.00 bits per heavy atom. The number of ether oxygens (including phenoxy) is 3. The number of benzene rings is 1. The van der Waals surface area contributed by atoms with E-state index in [0.29, 0.717) is 33.7 Å². The molecule has 1 aromatic carbocycles. The van der Waals surface area contributed by atoms with E-state index in [0.717, 1.165) is 0 Å². The quantitative estimate of drug-likeness (QED) is 0.370. The summed E-state index contributed by atoms with van der Waals surface area (Å²) in [6.07, 6.45) is 2.72. The number of allylic oxidation sites excluding steroid dienone is 2. The largest absolute Gasteiger partial charge is 0.463 e. The minimum atomic E-state index is -0.726. The van der Waals surface area contributed by atoms with E-state index >= 15 is 0 Å². The van der Waals surface area contributed by atoms with Crippen LogP contribution < -0.4 is 5.32 Å². The van der Waals surface area contributed by atoms with Crippen LogP contribution in [0.2, 0.25) is 0 Å². The number of esters is 3. The summed E-state index contributed by atoms with van der Waals surface area (Å²) >= 11 is 0. The van der Waals surface area contributed by atoms with E-state index in [-0.39, 0.29) is 19.3 Å². The smallest absolute Gasteiger partial charge is 0.336 e. The molecule has 7 nitrogen and oxygen atoms in total. The molecule has 0 saturated carbocycles. The summed E-state index contributed by atoms with van der Waals surface area (Å²) in [6, 6.07) is 7.27. The molecule has 2 rings (SSSR count). The fourth-order valence-corrected chi connectivity index (χ4v) is 3.62.